The summed E-state index contributed by atoms with van der Waals surface area (Å²) in [6, 6.07) is 0.440. The Hall–Kier alpha value is -0.810. The Bertz CT molecular complexity index is 199. The maximum absolute atomic E-state index is 8.49. The van der Waals surface area contributed by atoms with Gasteiger partial charge in [-0.1, -0.05) is 5.16 Å². The minimum atomic E-state index is -0.0478. The van der Waals surface area contributed by atoms with Crippen LogP contribution in [0.5, 0.6) is 0 Å². The minimum absolute atomic E-state index is 0.0478. The van der Waals surface area contributed by atoms with E-state index in [0.717, 1.165) is 25.9 Å². The van der Waals surface area contributed by atoms with E-state index in [2.05, 4.69) is 22.4 Å². The van der Waals surface area contributed by atoms with Crippen molar-refractivity contribution < 1.29 is 5.21 Å². The molecule has 5 nitrogen and oxygen atoms in total. The first kappa shape index (κ1) is 11.3. The van der Waals surface area contributed by atoms with E-state index in [1.54, 1.807) is 0 Å². The predicted octanol–water partition coefficient (Wildman–Crippen LogP) is -0.195. The third-order valence-corrected chi connectivity index (χ3v) is 2.76. The molecule has 0 aromatic heterocycles. The second-order valence-electron chi connectivity index (χ2n) is 3.99. The molecule has 0 saturated carbocycles. The number of nitrogens with one attached hydrogen (secondary N) is 1. The SMILES string of the molecule is CC(NC1CCN(C)CC1)C(N)=NO. The number of hydrogen-bond donors (Lipinski definition) is 3. The van der Waals surface area contributed by atoms with E-state index >= 15 is 0 Å². The zero-order valence-electron chi connectivity index (χ0n) is 8.90. The average molecular weight is 200 g/mol. The number of likely N-dealkylation sites (tertiary alicyclic amines) is 1. The largest absolute Gasteiger partial charge is 0.409 e. The van der Waals surface area contributed by atoms with E-state index in [0.29, 0.717) is 6.04 Å². The van der Waals surface area contributed by atoms with E-state index in [4.69, 9.17) is 10.9 Å². The normalized spacial score (nSPS) is 23.7. The number of piperidine rings is 1. The summed E-state index contributed by atoms with van der Waals surface area (Å²) in [6.45, 7) is 4.13. The van der Waals surface area contributed by atoms with Crippen LogP contribution >= 0.6 is 0 Å². The average Bonchev–Trinajstić information content (AvgIpc) is 2.20. The van der Waals surface area contributed by atoms with Gasteiger partial charge in [0.05, 0.1) is 6.04 Å². The van der Waals surface area contributed by atoms with Gasteiger partial charge < -0.3 is 21.2 Å². The molecule has 1 atom stereocenters. The van der Waals surface area contributed by atoms with Crippen LogP contribution in [0.1, 0.15) is 19.8 Å². The van der Waals surface area contributed by atoms with Gasteiger partial charge in [-0.15, -0.1) is 0 Å². The van der Waals surface area contributed by atoms with Gasteiger partial charge in [-0.25, -0.2) is 0 Å². The zero-order valence-corrected chi connectivity index (χ0v) is 8.90. The van der Waals surface area contributed by atoms with Crippen LogP contribution in [0.3, 0.4) is 0 Å². The van der Waals surface area contributed by atoms with Crippen molar-refractivity contribution in [3.63, 3.8) is 0 Å². The lowest BCUT2D eigenvalue weighted by Crippen LogP contribution is -2.48. The van der Waals surface area contributed by atoms with Crippen LogP contribution in [0.25, 0.3) is 0 Å². The highest BCUT2D eigenvalue weighted by Crippen LogP contribution is 2.08. The molecule has 5 heteroatoms. The van der Waals surface area contributed by atoms with Gasteiger partial charge in [0.2, 0.25) is 0 Å². The summed E-state index contributed by atoms with van der Waals surface area (Å²) < 4.78 is 0. The maximum atomic E-state index is 8.49. The zero-order chi connectivity index (χ0) is 10.6. The molecule has 1 saturated heterocycles. The predicted molar refractivity (Wildman–Crippen MR) is 56.5 cm³/mol. The first-order chi connectivity index (χ1) is 6.63. The first-order valence-corrected chi connectivity index (χ1v) is 5.05. The number of nitrogens with two attached hydrogens (primary N) is 1. The van der Waals surface area contributed by atoms with Crippen LogP contribution in [0, 0.1) is 0 Å². The van der Waals surface area contributed by atoms with E-state index < -0.39 is 0 Å². The highest BCUT2D eigenvalue weighted by molar-refractivity contribution is 5.84. The molecule has 1 fully saturated rings. The van der Waals surface area contributed by atoms with Gasteiger partial charge in [0.15, 0.2) is 5.84 Å². The Morgan fingerprint density at radius 3 is 2.64 bits per heavy atom. The van der Waals surface area contributed by atoms with E-state index in [9.17, 15) is 0 Å². The molecule has 1 unspecified atom stereocenters. The van der Waals surface area contributed by atoms with Crippen molar-refractivity contribution in [3.8, 4) is 0 Å². The summed E-state index contributed by atoms with van der Waals surface area (Å²) in [4.78, 5) is 2.31. The molecular formula is C9H20N4O. The molecule has 4 N–H and O–H groups in total. The molecule has 14 heavy (non-hydrogen) atoms. The maximum Gasteiger partial charge on any atom is 0.156 e. The van der Waals surface area contributed by atoms with E-state index in [1.165, 1.54) is 0 Å². The molecule has 1 rings (SSSR count). The van der Waals surface area contributed by atoms with E-state index in [1.807, 2.05) is 6.92 Å². The number of oxime groups is 1. The van der Waals surface area contributed by atoms with Gasteiger partial charge in [0.25, 0.3) is 0 Å². The lowest BCUT2D eigenvalue weighted by Gasteiger charge is -2.31. The van der Waals surface area contributed by atoms with E-state index in [-0.39, 0.29) is 11.9 Å². The smallest absolute Gasteiger partial charge is 0.156 e. The minimum Gasteiger partial charge on any atom is -0.409 e. The Morgan fingerprint density at radius 2 is 2.14 bits per heavy atom. The van der Waals surface area contributed by atoms with Gasteiger partial charge >= 0.3 is 0 Å². The van der Waals surface area contributed by atoms with Gasteiger partial charge in [0.1, 0.15) is 0 Å². The van der Waals surface area contributed by atoms with Crippen molar-refractivity contribution in [1.29, 1.82) is 0 Å². The number of rotatable bonds is 3. The Morgan fingerprint density at radius 1 is 1.57 bits per heavy atom. The molecule has 0 aromatic carbocycles. The fourth-order valence-corrected chi connectivity index (χ4v) is 1.70. The van der Waals surface area contributed by atoms with Crippen molar-refractivity contribution in [2.24, 2.45) is 10.9 Å². The number of amidine groups is 1. The molecule has 0 radical (unpaired) electrons. The second kappa shape index (κ2) is 5.17. The summed E-state index contributed by atoms with van der Waals surface area (Å²) >= 11 is 0. The topological polar surface area (TPSA) is 73.9 Å². The summed E-state index contributed by atoms with van der Waals surface area (Å²) in [7, 11) is 2.13. The summed E-state index contributed by atoms with van der Waals surface area (Å²) in [6.07, 6.45) is 2.25. The summed E-state index contributed by atoms with van der Waals surface area (Å²) in [5.74, 6) is 0.254. The van der Waals surface area contributed by atoms with Crippen LogP contribution in [-0.4, -0.2) is 48.2 Å². The van der Waals surface area contributed by atoms with Gasteiger partial charge in [0, 0.05) is 6.04 Å². The molecule has 0 bridgehead atoms. The summed E-state index contributed by atoms with van der Waals surface area (Å²) in [5.41, 5.74) is 5.49. The van der Waals surface area contributed by atoms with Crippen molar-refractivity contribution >= 4 is 5.84 Å². The molecule has 0 aromatic rings. The third-order valence-electron chi connectivity index (χ3n) is 2.76. The quantitative estimate of drug-likeness (QED) is 0.255. The highest BCUT2D eigenvalue weighted by Gasteiger charge is 2.19. The highest BCUT2D eigenvalue weighted by atomic mass is 16.4. The number of nitrogens with zero attached hydrogens (tertiary/aromatic N) is 2. The van der Waals surface area contributed by atoms with Crippen LogP contribution in [-0.2, 0) is 0 Å². The molecule has 82 valence electrons. The molecule has 1 aliphatic rings. The van der Waals surface area contributed by atoms with Crippen LogP contribution in [0.4, 0.5) is 0 Å². The van der Waals surface area contributed by atoms with Crippen LogP contribution in [0.2, 0.25) is 0 Å². The van der Waals surface area contributed by atoms with Crippen molar-refractivity contribution in [3.05, 3.63) is 0 Å². The fraction of sp³-hybridized carbons (Fsp3) is 0.889. The first-order valence-electron chi connectivity index (χ1n) is 5.05. The Labute approximate surface area is 84.9 Å². The molecular weight excluding hydrogens is 180 g/mol. The van der Waals surface area contributed by atoms with Crippen LogP contribution < -0.4 is 11.1 Å². The lowest BCUT2D eigenvalue weighted by atomic mass is 10.0. The molecule has 1 heterocycles. The van der Waals surface area contributed by atoms with Crippen molar-refractivity contribution in [2.75, 3.05) is 20.1 Å². The molecule has 0 amide bonds. The lowest BCUT2D eigenvalue weighted by molar-refractivity contribution is 0.231. The third kappa shape index (κ3) is 3.16. The fourth-order valence-electron chi connectivity index (χ4n) is 1.70. The standard InChI is InChI=1S/C9H20N4O/c1-7(9(10)12-14)11-8-3-5-13(2)6-4-8/h7-8,11,14H,3-6H2,1-2H3,(H2,10,12). The number of hydrogen-bond acceptors (Lipinski definition) is 4. The van der Waals surface area contributed by atoms with Crippen LogP contribution in [0.15, 0.2) is 5.16 Å². The monoisotopic (exact) mass is 200 g/mol. The van der Waals surface area contributed by atoms with Crippen molar-refractivity contribution in [1.82, 2.24) is 10.2 Å². The Kier molecular flexibility index (Phi) is 4.16. The van der Waals surface area contributed by atoms with Gasteiger partial charge in [-0.05, 0) is 39.9 Å². The van der Waals surface area contributed by atoms with Gasteiger partial charge in [-0.2, -0.15) is 0 Å². The molecule has 1 aliphatic heterocycles. The van der Waals surface area contributed by atoms with Crippen molar-refractivity contribution in [2.45, 2.75) is 31.8 Å². The second-order valence-corrected chi connectivity index (χ2v) is 3.99. The molecule has 0 aliphatic carbocycles. The summed E-state index contributed by atoms with van der Waals surface area (Å²) in [5, 5.41) is 14.8. The van der Waals surface area contributed by atoms with Gasteiger partial charge in [-0.3, -0.25) is 0 Å². The molecule has 0 spiro atoms. The Balaban J connectivity index is 2.31.